The van der Waals surface area contributed by atoms with Gasteiger partial charge in [-0.3, -0.25) is 0 Å². The number of thioether (sulfide) groups is 1. The molecule has 1 aliphatic rings. The van der Waals surface area contributed by atoms with Crippen molar-refractivity contribution in [3.05, 3.63) is 21.5 Å². The molecule has 0 aromatic rings. The van der Waals surface area contributed by atoms with E-state index in [9.17, 15) is 0 Å². The van der Waals surface area contributed by atoms with Gasteiger partial charge in [0, 0.05) is 4.91 Å². The van der Waals surface area contributed by atoms with Crippen LogP contribution in [0.1, 0.15) is 40.0 Å². The molecule has 0 amide bonds. The van der Waals surface area contributed by atoms with Crippen molar-refractivity contribution in [1.29, 1.82) is 0 Å². The quantitative estimate of drug-likeness (QED) is 0.684. The summed E-state index contributed by atoms with van der Waals surface area (Å²) in [5.74, 6) is 1.91. The Morgan fingerprint density at radius 3 is 2.64 bits per heavy atom. The van der Waals surface area contributed by atoms with Crippen molar-refractivity contribution < 1.29 is 0 Å². The highest BCUT2D eigenvalue weighted by atomic mass is 32.2. The molecule has 1 aliphatic carbocycles. The number of rotatable bonds is 4. The second-order valence-electron chi connectivity index (χ2n) is 3.62. The maximum Gasteiger partial charge on any atom is 0.00426 e. The number of hydrogen-bond donors (Lipinski definition) is 1. The zero-order chi connectivity index (χ0) is 10.6. The lowest BCUT2D eigenvalue weighted by Gasteiger charge is -2.25. The van der Waals surface area contributed by atoms with Gasteiger partial charge >= 0.3 is 0 Å². The fraction of sp³-hybridized carbons (Fsp3) is 0.667. The summed E-state index contributed by atoms with van der Waals surface area (Å²) in [4.78, 5) is 2.74. The molecule has 1 rings (SSSR count). The standard InChI is InChI=1S/C12H20S2/c1-4-9-7-10(14-6-3)8-12(13)11(9)5-2/h8-9,13H,4-7H2,1-3H3/t9-/m0/s1. The van der Waals surface area contributed by atoms with Gasteiger partial charge in [0.25, 0.3) is 0 Å². The molecule has 0 saturated carbocycles. The normalized spacial score (nSPS) is 22.6. The monoisotopic (exact) mass is 228 g/mol. The molecule has 0 nitrogen and oxygen atoms in total. The van der Waals surface area contributed by atoms with Gasteiger partial charge in [-0.2, -0.15) is 0 Å². The van der Waals surface area contributed by atoms with E-state index in [2.05, 4.69) is 39.5 Å². The van der Waals surface area contributed by atoms with E-state index in [0.29, 0.717) is 0 Å². The largest absolute Gasteiger partial charge is 0.143 e. The van der Waals surface area contributed by atoms with Gasteiger partial charge < -0.3 is 0 Å². The minimum atomic E-state index is 0.742. The van der Waals surface area contributed by atoms with Gasteiger partial charge in [-0.1, -0.05) is 26.3 Å². The summed E-state index contributed by atoms with van der Waals surface area (Å²) in [5.41, 5.74) is 1.55. The van der Waals surface area contributed by atoms with E-state index in [1.54, 1.807) is 5.57 Å². The van der Waals surface area contributed by atoms with Crippen molar-refractivity contribution in [2.45, 2.75) is 40.0 Å². The van der Waals surface area contributed by atoms with Crippen molar-refractivity contribution in [1.82, 2.24) is 0 Å². The fourth-order valence-corrected chi connectivity index (χ4v) is 3.50. The van der Waals surface area contributed by atoms with Crippen LogP contribution in [-0.4, -0.2) is 5.75 Å². The number of thiol groups is 1. The lowest BCUT2D eigenvalue weighted by Crippen LogP contribution is -2.08. The van der Waals surface area contributed by atoms with E-state index in [1.807, 2.05) is 11.8 Å². The van der Waals surface area contributed by atoms with Gasteiger partial charge in [0.1, 0.15) is 0 Å². The molecule has 0 N–H and O–H groups in total. The van der Waals surface area contributed by atoms with Crippen molar-refractivity contribution >= 4 is 24.4 Å². The van der Waals surface area contributed by atoms with E-state index >= 15 is 0 Å². The van der Waals surface area contributed by atoms with Gasteiger partial charge in [0.2, 0.25) is 0 Å². The molecule has 0 spiro atoms. The van der Waals surface area contributed by atoms with Crippen LogP contribution in [0.3, 0.4) is 0 Å². The zero-order valence-electron chi connectivity index (χ0n) is 9.34. The number of hydrogen-bond acceptors (Lipinski definition) is 2. The summed E-state index contributed by atoms with van der Waals surface area (Å²) >= 11 is 6.56. The summed E-state index contributed by atoms with van der Waals surface area (Å²) in [5, 5.41) is 0. The molecule has 14 heavy (non-hydrogen) atoms. The first-order valence-corrected chi connectivity index (χ1v) is 6.91. The summed E-state index contributed by atoms with van der Waals surface area (Å²) in [7, 11) is 0. The highest BCUT2D eigenvalue weighted by Crippen LogP contribution is 2.38. The Kier molecular flexibility index (Phi) is 5.18. The smallest absolute Gasteiger partial charge is 0.00426 e. The Labute approximate surface area is 97.6 Å². The van der Waals surface area contributed by atoms with Crippen LogP contribution in [0.5, 0.6) is 0 Å². The van der Waals surface area contributed by atoms with Gasteiger partial charge in [-0.15, -0.1) is 24.4 Å². The van der Waals surface area contributed by atoms with Crippen LogP contribution in [0.15, 0.2) is 21.5 Å². The highest BCUT2D eigenvalue weighted by molar-refractivity contribution is 8.03. The Morgan fingerprint density at radius 2 is 2.14 bits per heavy atom. The first-order chi connectivity index (χ1) is 6.72. The van der Waals surface area contributed by atoms with Crippen molar-refractivity contribution in [2.24, 2.45) is 5.92 Å². The first kappa shape index (κ1) is 12.3. The topological polar surface area (TPSA) is 0 Å². The predicted octanol–water partition coefficient (Wildman–Crippen LogP) is 4.65. The third kappa shape index (κ3) is 2.83. The average Bonchev–Trinajstić information content (AvgIpc) is 2.17. The summed E-state index contributed by atoms with van der Waals surface area (Å²) in [6, 6.07) is 0. The van der Waals surface area contributed by atoms with E-state index < -0.39 is 0 Å². The van der Waals surface area contributed by atoms with Gasteiger partial charge in [0.05, 0.1) is 0 Å². The van der Waals surface area contributed by atoms with Gasteiger partial charge in [-0.05, 0) is 41.9 Å². The van der Waals surface area contributed by atoms with Crippen LogP contribution in [0.25, 0.3) is 0 Å². The second-order valence-corrected chi connectivity index (χ2v) is 5.49. The molecular formula is C12H20S2. The molecule has 2 heteroatoms. The van der Waals surface area contributed by atoms with Gasteiger partial charge in [0.15, 0.2) is 0 Å². The van der Waals surface area contributed by atoms with E-state index in [4.69, 9.17) is 0 Å². The molecule has 80 valence electrons. The van der Waals surface area contributed by atoms with Gasteiger partial charge in [-0.25, -0.2) is 0 Å². The van der Waals surface area contributed by atoms with Crippen molar-refractivity contribution in [3.8, 4) is 0 Å². The van der Waals surface area contributed by atoms with E-state index in [-0.39, 0.29) is 0 Å². The Morgan fingerprint density at radius 1 is 1.43 bits per heavy atom. The molecule has 0 bridgehead atoms. The number of allylic oxidation sites excluding steroid dienone is 3. The Bertz CT molecular complexity index is 251. The molecule has 0 fully saturated rings. The highest BCUT2D eigenvalue weighted by Gasteiger charge is 2.19. The maximum absolute atomic E-state index is 4.59. The van der Waals surface area contributed by atoms with Crippen molar-refractivity contribution in [3.63, 3.8) is 0 Å². The van der Waals surface area contributed by atoms with Crippen LogP contribution < -0.4 is 0 Å². The molecular weight excluding hydrogens is 208 g/mol. The van der Waals surface area contributed by atoms with Crippen LogP contribution in [-0.2, 0) is 0 Å². The molecule has 0 unspecified atom stereocenters. The maximum atomic E-state index is 4.59. The predicted molar refractivity (Wildman–Crippen MR) is 70.9 cm³/mol. The van der Waals surface area contributed by atoms with Crippen molar-refractivity contribution in [2.75, 3.05) is 5.75 Å². The third-order valence-corrected chi connectivity index (χ3v) is 4.13. The molecule has 1 atom stereocenters. The SMILES string of the molecule is CCSC1=CC(S)=C(CC)[C@@H](CC)C1. The molecule has 0 heterocycles. The molecule has 0 radical (unpaired) electrons. The van der Waals surface area contributed by atoms with Crippen LogP contribution in [0, 0.1) is 5.92 Å². The second kappa shape index (κ2) is 5.92. The van der Waals surface area contributed by atoms with E-state index in [0.717, 1.165) is 12.3 Å². The van der Waals surface area contributed by atoms with E-state index in [1.165, 1.54) is 28.4 Å². The van der Waals surface area contributed by atoms with Crippen LogP contribution in [0.2, 0.25) is 0 Å². The third-order valence-electron chi connectivity index (χ3n) is 2.77. The molecule has 0 saturated heterocycles. The lowest BCUT2D eigenvalue weighted by atomic mass is 9.87. The molecule has 0 aromatic carbocycles. The minimum absolute atomic E-state index is 0.742. The minimum Gasteiger partial charge on any atom is -0.143 e. The lowest BCUT2D eigenvalue weighted by molar-refractivity contribution is 0.571. The Hall–Kier alpha value is 0.180. The summed E-state index contributed by atoms with van der Waals surface area (Å²) in [6.45, 7) is 6.73. The fourth-order valence-electron chi connectivity index (χ4n) is 2.03. The summed E-state index contributed by atoms with van der Waals surface area (Å²) in [6.07, 6.45) is 5.90. The Balaban J connectivity index is 2.84. The molecule has 0 aliphatic heterocycles. The van der Waals surface area contributed by atoms with Crippen LogP contribution in [0.4, 0.5) is 0 Å². The molecule has 0 aromatic heterocycles. The van der Waals surface area contributed by atoms with Crippen LogP contribution >= 0.6 is 24.4 Å². The first-order valence-electron chi connectivity index (χ1n) is 5.48. The average molecular weight is 228 g/mol. The summed E-state index contributed by atoms with van der Waals surface area (Å²) < 4.78 is 0. The zero-order valence-corrected chi connectivity index (χ0v) is 11.0.